The maximum Gasteiger partial charge on any atom is 0.437 e. The van der Waals surface area contributed by atoms with E-state index in [0.717, 1.165) is 4.68 Å². The number of aromatic nitrogens is 4. The molecule has 14 nitrogen and oxygen atoms in total. The standard InChI is InChI=1S/C17H18ClN3O5.C13H12ClN3O3.CH4/c1-17(2,3)26-16(24)21-13(9-12(20-21)15(23)25-4)19-14(22)10-7-5-6-8-11(10)18;1-17(11-7-10(15-16-11)13(19)20-2)12(18)8-5-3-4-6-9(8)14;/h5-9H,1-4H3,(H,19,22);3-7H,1-2H3,(H,15,16);1H4. The van der Waals surface area contributed by atoms with Crippen LogP contribution in [-0.4, -0.2) is 76.7 Å². The Kier molecular flexibility index (Phi) is 13.2. The van der Waals surface area contributed by atoms with E-state index < -0.39 is 29.5 Å². The Morgan fingerprint density at radius 3 is 1.96 bits per heavy atom. The van der Waals surface area contributed by atoms with Crippen LogP contribution in [0.5, 0.6) is 0 Å². The summed E-state index contributed by atoms with van der Waals surface area (Å²) in [6.45, 7) is 5.03. The molecule has 250 valence electrons. The predicted octanol–water partition coefficient (Wildman–Crippen LogP) is 6.12. The number of methoxy groups -OCH3 is 2. The molecule has 0 aliphatic carbocycles. The fraction of sp³-hybridized carbons (Fsp3) is 0.258. The van der Waals surface area contributed by atoms with E-state index in [9.17, 15) is 24.0 Å². The van der Waals surface area contributed by atoms with E-state index >= 15 is 0 Å². The van der Waals surface area contributed by atoms with E-state index in [1.165, 1.54) is 37.3 Å². The summed E-state index contributed by atoms with van der Waals surface area (Å²) in [4.78, 5) is 61.4. The van der Waals surface area contributed by atoms with Gasteiger partial charge in [-0.05, 0) is 45.0 Å². The number of anilines is 2. The molecular weight excluding hydrogens is 655 g/mol. The number of amides is 2. The van der Waals surface area contributed by atoms with Crippen molar-refractivity contribution in [3.8, 4) is 0 Å². The molecule has 0 spiro atoms. The summed E-state index contributed by atoms with van der Waals surface area (Å²) in [7, 11) is 3.99. The first kappa shape index (κ1) is 38.0. The number of nitrogens with zero attached hydrogens (tertiary/aromatic N) is 4. The van der Waals surface area contributed by atoms with Gasteiger partial charge < -0.3 is 19.5 Å². The zero-order chi connectivity index (χ0) is 34.2. The molecule has 0 radical (unpaired) electrons. The van der Waals surface area contributed by atoms with Gasteiger partial charge in [-0.25, -0.2) is 14.4 Å². The third kappa shape index (κ3) is 9.89. The molecule has 0 atom stereocenters. The third-order valence-corrected chi connectivity index (χ3v) is 6.41. The van der Waals surface area contributed by atoms with Gasteiger partial charge in [0.1, 0.15) is 17.1 Å². The van der Waals surface area contributed by atoms with Crippen LogP contribution in [0.2, 0.25) is 10.0 Å². The van der Waals surface area contributed by atoms with Crippen molar-refractivity contribution in [2.75, 3.05) is 31.5 Å². The molecule has 4 aromatic rings. The SMILES string of the molecule is C.COC(=O)c1cc(N(C)C(=O)c2ccccc2Cl)n[nH]1.COC(=O)c1cc(NC(=O)c2ccccc2Cl)n(C(=O)OC(C)(C)C)n1. The topological polar surface area (TPSA) is 175 Å². The Labute approximate surface area is 280 Å². The van der Waals surface area contributed by atoms with Crippen LogP contribution in [0.25, 0.3) is 0 Å². The second kappa shape index (κ2) is 16.4. The molecule has 4 rings (SSSR count). The number of halogens is 2. The van der Waals surface area contributed by atoms with Crippen molar-refractivity contribution in [1.82, 2.24) is 20.0 Å². The monoisotopic (exact) mass is 688 g/mol. The number of benzene rings is 2. The minimum atomic E-state index is -0.859. The van der Waals surface area contributed by atoms with Crippen LogP contribution in [-0.2, 0) is 14.2 Å². The summed E-state index contributed by atoms with van der Waals surface area (Å²) in [6.07, 6.45) is -0.859. The zero-order valence-corrected chi connectivity index (χ0v) is 27.1. The lowest BCUT2D eigenvalue weighted by molar-refractivity contribution is 0.0513. The molecule has 2 amide bonds. The van der Waals surface area contributed by atoms with Crippen molar-refractivity contribution in [1.29, 1.82) is 0 Å². The maximum atomic E-state index is 12.4. The van der Waals surface area contributed by atoms with Crippen molar-refractivity contribution in [3.63, 3.8) is 0 Å². The Morgan fingerprint density at radius 1 is 0.872 bits per heavy atom. The van der Waals surface area contributed by atoms with Gasteiger partial charge in [-0.3, -0.25) is 19.6 Å². The smallest absolute Gasteiger partial charge is 0.437 e. The average Bonchev–Trinajstić information content (AvgIpc) is 3.68. The number of esters is 2. The number of carbonyl (C=O) groups excluding carboxylic acids is 5. The van der Waals surface area contributed by atoms with Crippen molar-refractivity contribution < 1.29 is 38.2 Å². The molecule has 2 aromatic heterocycles. The quantitative estimate of drug-likeness (QED) is 0.177. The Morgan fingerprint density at radius 2 is 1.43 bits per heavy atom. The molecule has 16 heteroatoms. The Balaban J connectivity index is 0.000000330. The van der Waals surface area contributed by atoms with Gasteiger partial charge >= 0.3 is 18.0 Å². The predicted molar refractivity (Wildman–Crippen MR) is 175 cm³/mol. The largest absolute Gasteiger partial charge is 0.464 e. The van der Waals surface area contributed by atoms with Crippen molar-refractivity contribution in [2.45, 2.75) is 33.8 Å². The Bertz CT molecular complexity index is 1760. The molecule has 0 saturated heterocycles. The van der Waals surface area contributed by atoms with Crippen LogP contribution >= 0.6 is 23.2 Å². The van der Waals surface area contributed by atoms with Crippen LogP contribution < -0.4 is 10.2 Å². The van der Waals surface area contributed by atoms with Gasteiger partial charge in [-0.15, -0.1) is 4.68 Å². The molecule has 2 N–H and O–H groups in total. The normalized spacial score (nSPS) is 10.4. The van der Waals surface area contributed by atoms with E-state index in [2.05, 4.69) is 30.1 Å². The van der Waals surface area contributed by atoms with Crippen LogP contribution in [0.15, 0.2) is 60.7 Å². The van der Waals surface area contributed by atoms with Crippen LogP contribution in [0, 0.1) is 0 Å². The van der Waals surface area contributed by atoms with E-state index in [1.54, 1.807) is 70.3 Å². The number of ether oxygens (including phenoxy) is 3. The highest BCUT2D eigenvalue weighted by Gasteiger charge is 2.26. The highest BCUT2D eigenvalue weighted by atomic mass is 35.5. The lowest BCUT2D eigenvalue weighted by atomic mass is 10.2. The van der Waals surface area contributed by atoms with Crippen molar-refractivity contribution in [2.24, 2.45) is 0 Å². The highest BCUT2D eigenvalue weighted by Crippen LogP contribution is 2.21. The Hall–Kier alpha value is -5.21. The molecule has 0 saturated carbocycles. The number of hydrogen-bond donors (Lipinski definition) is 2. The summed E-state index contributed by atoms with van der Waals surface area (Å²) in [5.41, 5.74) is -0.225. The molecule has 0 fully saturated rings. The van der Waals surface area contributed by atoms with E-state index in [4.69, 9.17) is 27.9 Å². The summed E-state index contributed by atoms with van der Waals surface area (Å²) in [5, 5.41) is 13.4. The van der Waals surface area contributed by atoms with E-state index in [0.29, 0.717) is 16.4 Å². The second-order valence-corrected chi connectivity index (χ2v) is 11.0. The highest BCUT2D eigenvalue weighted by molar-refractivity contribution is 6.35. The molecule has 0 bridgehead atoms. The molecular formula is C31H34Cl2N6O8. The maximum absolute atomic E-state index is 12.4. The van der Waals surface area contributed by atoms with E-state index in [1.807, 2.05) is 0 Å². The van der Waals surface area contributed by atoms with Crippen molar-refractivity contribution >= 4 is 64.7 Å². The number of nitrogens with one attached hydrogen (secondary N) is 2. The third-order valence-electron chi connectivity index (χ3n) is 5.75. The number of hydrogen-bond acceptors (Lipinski definition) is 10. The number of rotatable bonds is 6. The minimum Gasteiger partial charge on any atom is -0.464 e. The van der Waals surface area contributed by atoms with Gasteiger partial charge in [0.05, 0.1) is 35.4 Å². The molecule has 2 heterocycles. The van der Waals surface area contributed by atoms with Crippen LogP contribution in [0.1, 0.15) is 69.9 Å². The van der Waals surface area contributed by atoms with E-state index in [-0.39, 0.29) is 41.1 Å². The van der Waals surface area contributed by atoms with Gasteiger partial charge in [-0.1, -0.05) is 54.9 Å². The van der Waals surface area contributed by atoms with Gasteiger partial charge in [0, 0.05) is 19.2 Å². The number of H-pyrrole nitrogens is 1. The van der Waals surface area contributed by atoms with Gasteiger partial charge in [0.2, 0.25) is 0 Å². The molecule has 2 aromatic carbocycles. The van der Waals surface area contributed by atoms with Gasteiger partial charge in [0.25, 0.3) is 11.8 Å². The average molecular weight is 690 g/mol. The second-order valence-electron chi connectivity index (χ2n) is 10.2. The van der Waals surface area contributed by atoms with Gasteiger partial charge in [-0.2, -0.15) is 10.2 Å². The first-order chi connectivity index (χ1) is 21.7. The van der Waals surface area contributed by atoms with Crippen LogP contribution in [0.4, 0.5) is 16.4 Å². The first-order valence-corrected chi connectivity index (χ1v) is 14.1. The van der Waals surface area contributed by atoms with Crippen molar-refractivity contribution in [3.05, 3.63) is 93.2 Å². The first-order valence-electron chi connectivity index (χ1n) is 13.3. The summed E-state index contributed by atoms with van der Waals surface area (Å²) in [5.74, 6) is -1.96. The fourth-order valence-electron chi connectivity index (χ4n) is 3.56. The number of carbonyl (C=O) groups is 5. The minimum absolute atomic E-state index is 0. The molecule has 0 aliphatic rings. The zero-order valence-electron chi connectivity index (χ0n) is 25.6. The van der Waals surface area contributed by atoms with Gasteiger partial charge in [0.15, 0.2) is 11.5 Å². The summed E-state index contributed by atoms with van der Waals surface area (Å²) < 4.78 is 15.2. The summed E-state index contributed by atoms with van der Waals surface area (Å²) in [6, 6.07) is 15.8. The fourth-order valence-corrected chi connectivity index (χ4v) is 4.00. The molecule has 0 aliphatic heterocycles. The molecule has 47 heavy (non-hydrogen) atoms. The van der Waals surface area contributed by atoms with Crippen LogP contribution in [0.3, 0.4) is 0 Å². The lowest BCUT2D eigenvalue weighted by Gasteiger charge is -2.19. The number of aromatic amines is 1. The lowest BCUT2D eigenvalue weighted by Crippen LogP contribution is -2.29. The summed E-state index contributed by atoms with van der Waals surface area (Å²) >= 11 is 12.0. The molecule has 0 unspecified atom stereocenters.